The topological polar surface area (TPSA) is 29.1 Å². The Morgan fingerprint density at radius 3 is 2.57 bits per heavy atom. The Labute approximate surface area is 189 Å². The van der Waals surface area contributed by atoms with E-state index in [0.717, 1.165) is 32.2 Å². The van der Waals surface area contributed by atoms with Crippen LogP contribution in [0.2, 0.25) is 0 Å². The van der Waals surface area contributed by atoms with Crippen molar-refractivity contribution in [3.05, 3.63) is 73.9 Å². The lowest BCUT2D eigenvalue weighted by Crippen LogP contribution is -3.00. The summed E-state index contributed by atoms with van der Waals surface area (Å²) in [5, 5.41) is 1.02. The molecule has 0 unspecified atom stereocenters. The average molecular weight is 523 g/mol. The van der Waals surface area contributed by atoms with E-state index in [1.165, 1.54) is 4.90 Å². The molecule has 2 aromatic heterocycles. The fourth-order valence-electron chi connectivity index (χ4n) is 3.30. The fourth-order valence-corrected chi connectivity index (χ4v) is 5.77. The Balaban J connectivity index is 0.00000225. The molecule has 0 fully saturated rings. The zero-order chi connectivity index (χ0) is 19.0. The lowest BCUT2D eigenvalue weighted by atomic mass is 10.3. The van der Waals surface area contributed by atoms with Crippen molar-refractivity contribution in [2.24, 2.45) is 0 Å². The van der Waals surface area contributed by atoms with Crippen molar-refractivity contribution < 1.29 is 28.5 Å². The minimum Gasteiger partial charge on any atom is -1.00 e. The number of thioether (sulfide) groups is 1. The normalized spacial score (nSPS) is 15.5. The summed E-state index contributed by atoms with van der Waals surface area (Å²) in [6.45, 7) is 5.71. The quantitative estimate of drug-likeness (QED) is 0.339. The summed E-state index contributed by atoms with van der Waals surface area (Å²) in [5.74, 6) is 0. The van der Waals surface area contributed by atoms with Gasteiger partial charge in [0.15, 0.2) is 6.20 Å². The molecule has 3 aromatic rings. The number of thiazole rings is 1. The fraction of sp³-hybridized carbons (Fsp3) is 0.238. The molecule has 1 aromatic carbocycles. The first-order chi connectivity index (χ1) is 13.1. The summed E-state index contributed by atoms with van der Waals surface area (Å²) in [5.41, 5.74) is 2.36. The second-order valence-corrected chi connectivity index (χ2v) is 8.37. The second kappa shape index (κ2) is 8.84. The third-order valence-corrected chi connectivity index (χ3v) is 7.23. The van der Waals surface area contributed by atoms with Crippen LogP contribution in [-0.2, 0) is 13.1 Å². The van der Waals surface area contributed by atoms with Crippen LogP contribution in [0.1, 0.15) is 19.5 Å². The third-order valence-electron chi connectivity index (χ3n) is 4.75. The van der Waals surface area contributed by atoms with Crippen LogP contribution in [0.25, 0.3) is 11.1 Å². The summed E-state index contributed by atoms with van der Waals surface area (Å²) in [6.07, 6.45) is 4.19. The highest BCUT2D eigenvalue weighted by molar-refractivity contribution is 8.08. The van der Waals surface area contributed by atoms with Gasteiger partial charge >= 0.3 is 0 Å². The van der Waals surface area contributed by atoms with Gasteiger partial charge in [-0.15, -0.1) is 11.3 Å². The van der Waals surface area contributed by atoms with Gasteiger partial charge in [-0.1, -0.05) is 23.9 Å². The van der Waals surface area contributed by atoms with E-state index in [2.05, 4.69) is 46.9 Å². The van der Waals surface area contributed by atoms with Crippen molar-refractivity contribution in [3.63, 3.8) is 0 Å². The van der Waals surface area contributed by atoms with Crippen LogP contribution in [0.4, 0.5) is 5.69 Å². The van der Waals surface area contributed by atoms with Gasteiger partial charge in [-0.25, -0.2) is 0 Å². The van der Waals surface area contributed by atoms with Gasteiger partial charge in [-0.2, -0.15) is 4.57 Å². The first-order valence-corrected chi connectivity index (χ1v) is 10.7. The first-order valence-electron chi connectivity index (χ1n) is 9.08. The molecule has 0 saturated carbocycles. The van der Waals surface area contributed by atoms with Crippen LogP contribution in [0.15, 0.2) is 58.4 Å². The van der Waals surface area contributed by atoms with Crippen LogP contribution in [0.3, 0.4) is 0 Å². The molecule has 4 rings (SSSR count). The van der Waals surface area contributed by atoms with Gasteiger partial charge in [0.1, 0.15) is 20.8 Å². The molecule has 28 heavy (non-hydrogen) atoms. The Kier molecular flexibility index (Phi) is 6.67. The minimum absolute atomic E-state index is 0. The highest BCUT2D eigenvalue weighted by Crippen LogP contribution is 2.44. The van der Waals surface area contributed by atoms with Crippen LogP contribution >= 0.6 is 23.1 Å². The number of pyridine rings is 1. The lowest BCUT2D eigenvalue weighted by Gasteiger charge is -2.11. The Morgan fingerprint density at radius 2 is 1.86 bits per heavy atom. The van der Waals surface area contributed by atoms with E-state index in [0.29, 0.717) is 6.54 Å². The van der Waals surface area contributed by atoms with E-state index >= 15 is 0 Å². The number of aryl methyl sites for hydroxylation is 1. The number of halogens is 1. The lowest BCUT2D eigenvalue weighted by molar-refractivity contribution is -0.695. The monoisotopic (exact) mass is 523 g/mol. The molecule has 0 atom stereocenters. The molecule has 0 aliphatic carbocycles. The molecule has 0 radical (unpaired) electrons. The number of hydrogen-bond acceptors (Lipinski definition) is 4. The number of hydrogen-bond donors (Lipinski definition) is 0. The molecule has 0 saturated heterocycles. The van der Waals surface area contributed by atoms with Gasteiger partial charge in [-0.3, -0.25) is 9.36 Å². The maximum absolute atomic E-state index is 13.1. The van der Waals surface area contributed by atoms with Gasteiger partial charge in [0, 0.05) is 36.7 Å². The number of rotatable bonds is 3. The van der Waals surface area contributed by atoms with Crippen LogP contribution in [0, 0.1) is 0 Å². The second-order valence-electron chi connectivity index (χ2n) is 6.31. The van der Waals surface area contributed by atoms with E-state index < -0.39 is 0 Å². The van der Waals surface area contributed by atoms with Crippen molar-refractivity contribution in [2.45, 2.75) is 31.8 Å². The third kappa shape index (κ3) is 3.67. The molecule has 146 valence electrons. The molecular weight excluding hydrogens is 501 g/mol. The Bertz CT molecular complexity index is 1180. The maximum Gasteiger partial charge on any atom is 0.271 e. The smallest absolute Gasteiger partial charge is 0.271 e. The summed E-state index contributed by atoms with van der Waals surface area (Å²) in [4.78, 5) is 16.5. The van der Waals surface area contributed by atoms with Crippen molar-refractivity contribution >= 4 is 39.9 Å². The summed E-state index contributed by atoms with van der Waals surface area (Å²) >= 11 is 3.26. The zero-order valence-electron chi connectivity index (χ0n) is 16.1. The van der Waals surface area contributed by atoms with Gasteiger partial charge in [0.2, 0.25) is 5.69 Å². The molecule has 3 heterocycles. The van der Waals surface area contributed by atoms with Gasteiger partial charge < -0.3 is 28.9 Å². The van der Waals surface area contributed by atoms with Crippen LogP contribution in [0.5, 0.6) is 0 Å². The highest BCUT2D eigenvalue weighted by atomic mass is 127. The molecule has 0 N–H and O–H groups in total. The molecule has 0 amide bonds. The van der Waals surface area contributed by atoms with E-state index in [1.807, 2.05) is 42.8 Å². The van der Waals surface area contributed by atoms with Gasteiger partial charge in [0.25, 0.3) is 5.56 Å². The van der Waals surface area contributed by atoms with Crippen LogP contribution in [-0.4, -0.2) is 11.6 Å². The summed E-state index contributed by atoms with van der Waals surface area (Å²) < 4.78 is 5.86. The van der Waals surface area contributed by atoms with Gasteiger partial charge in [0.05, 0.1) is 5.69 Å². The molecule has 4 nitrogen and oxygen atoms in total. The number of benzene rings is 1. The number of para-hydroxylation sites is 1. The summed E-state index contributed by atoms with van der Waals surface area (Å²) in [7, 11) is 2.04. The van der Waals surface area contributed by atoms with Crippen molar-refractivity contribution in [2.75, 3.05) is 11.9 Å². The van der Waals surface area contributed by atoms with E-state index in [9.17, 15) is 4.79 Å². The number of anilines is 1. The van der Waals surface area contributed by atoms with Crippen LogP contribution < -0.4 is 48.2 Å². The molecule has 0 bridgehead atoms. The average Bonchev–Trinajstić information content (AvgIpc) is 3.19. The number of nitrogens with zero attached hydrogens (tertiary/aromatic N) is 3. The van der Waals surface area contributed by atoms with E-state index in [4.69, 9.17) is 0 Å². The van der Waals surface area contributed by atoms with Crippen molar-refractivity contribution in [3.8, 4) is 0 Å². The van der Waals surface area contributed by atoms with Gasteiger partial charge in [-0.05, 0) is 32.0 Å². The van der Waals surface area contributed by atoms with E-state index in [-0.39, 0.29) is 29.5 Å². The SMILES string of the molecule is CCn1c(=Cc2cccc[n+]2CC)s/c(=C2\Sc3ccccc3N2C)c1=O.[I-]. The molecule has 1 aliphatic heterocycles. The Morgan fingerprint density at radius 1 is 1.11 bits per heavy atom. The molecular formula is C21H22IN3OS2. The summed E-state index contributed by atoms with van der Waals surface area (Å²) in [6, 6.07) is 14.4. The minimum atomic E-state index is 0. The maximum atomic E-state index is 13.1. The largest absolute Gasteiger partial charge is 1.00 e. The highest BCUT2D eigenvalue weighted by Gasteiger charge is 2.24. The standard InChI is InChI=1S/C21H22N3OS2.HI/c1-4-23-13-9-8-10-15(23)14-18-24(5-2)20(25)19(27-18)21-22(3)16-11-6-7-12-17(16)26-21;/h6-14H,4-5H2,1-3H3;1H/q+1;/p-1/b21-19-;. The predicted octanol–water partition coefficient (Wildman–Crippen LogP) is -0.622. The molecule has 1 aliphatic rings. The Hall–Kier alpha value is -1.58. The number of fused-ring (bicyclic) bond motifs is 1. The van der Waals surface area contributed by atoms with E-state index in [1.54, 1.807) is 23.1 Å². The van der Waals surface area contributed by atoms with Crippen molar-refractivity contribution in [1.29, 1.82) is 0 Å². The number of aromatic nitrogens is 2. The molecule has 7 heteroatoms. The first kappa shape index (κ1) is 21.1. The zero-order valence-corrected chi connectivity index (χ0v) is 19.8. The van der Waals surface area contributed by atoms with Crippen molar-refractivity contribution in [1.82, 2.24) is 4.57 Å². The predicted molar refractivity (Wildman–Crippen MR) is 113 cm³/mol. The molecule has 0 spiro atoms.